The van der Waals surface area contributed by atoms with Gasteiger partial charge in [0.1, 0.15) is 11.6 Å². The Morgan fingerprint density at radius 1 is 1.47 bits per heavy atom. The molecule has 1 amide bonds. The molecule has 2 aromatic rings. The summed E-state index contributed by atoms with van der Waals surface area (Å²) in [6, 6.07) is 8.37. The number of nitrogens with one attached hydrogen (secondary N) is 1. The number of carbonyl (C=O) groups is 1. The molecule has 0 aliphatic heterocycles. The van der Waals surface area contributed by atoms with Gasteiger partial charge in [0.25, 0.3) is 0 Å². The zero-order valence-corrected chi connectivity index (χ0v) is 9.42. The lowest BCUT2D eigenvalue weighted by Gasteiger charge is -2.05. The minimum absolute atomic E-state index is 0.140. The molecule has 0 fully saturated rings. The predicted octanol–water partition coefficient (Wildman–Crippen LogP) is 1.31. The highest BCUT2D eigenvalue weighted by Gasteiger charge is 2.06. The van der Waals surface area contributed by atoms with Crippen molar-refractivity contribution >= 4 is 11.7 Å². The molecule has 0 aliphatic carbocycles. The van der Waals surface area contributed by atoms with Gasteiger partial charge in [-0.15, -0.1) is 0 Å². The molecule has 0 saturated carbocycles. The van der Waals surface area contributed by atoms with Crippen molar-refractivity contribution in [1.82, 2.24) is 9.78 Å². The standard InChI is InChI=1S/C12H13N3O2/c1-15-11(5-6-13-15)14-12(17)8-9-3-2-4-10(16)7-9/h2-7,16H,8H2,1H3,(H,14,17). The number of aromatic nitrogens is 2. The van der Waals surface area contributed by atoms with Crippen molar-refractivity contribution in [3.8, 4) is 5.75 Å². The van der Waals surface area contributed by atoms with Crippen LogP contribution in [0.15, 0.2) is 36.5 Å². The van der Waals surface area contributed by atoms with Crippen LogP contribution in [0.2, 0.25) is 0 Å². The Morgan fingerprint density at radius 3 is 2.94 bits per heavy atom. The highest BCUT2D eigenvalue weighted by atomic mass is 16.3. The van der Waals surface area contributed by atoms with Crippen molar-refractivity contribution in [3.63, 3.8) is 0 Å². The molecule has 5 heteroatoms. The van der Waals surface area contributed by atoms with Gasteiger partial charge >= 0.3 is 0 Å². The van der Waals surface area contributed by atoms with Crippen LogP contribution in [-0.4, -0.2) is 20.8 Å². The van der Waals surface area contributed by atoms with E-state index in [-0.39, 0.29) is 18.1 Å². The molecule has 5 nitrogen and oxygen atoms in total. The maximum absolute atomic E-state index is 11.7. The molecule has 17 heavy (non-hydrogen) atoms. The van der Waals surface area contributed by atoms with Crippen molar-refractivity contribution in [2.24, 2.45) is 7.05 Å². The highest BCUT2D eigenvalue weighted by Crippen LogP contribution is 2.12. The fourth-order valence-electron chi connectivity index (χ4n) is 1.54. The van der Waals surface area contributed by atoms with Gasteiger partial charge in [-0.1, -0.05) is 12.1 Å². The van der Waals surface area contributed by atoms with Crippen LogP contribution < -0.4 is 5.32 Å². The van der Waals surface area contributed by atoms with Crippen LogP contribution in [0.25, 0.3) is 0 Å². The second-order valence-electron chi connectivity index (χ2n) is 3.73. The van der Waals surface area contributed by atoms with Gasteiger partial charge in [-0.25, -0.2) is 0 Å². The number of rotatable bonds is 3. The van der Waals surface area contributed by atoms with Crippen LogP contribution in [0, 0.1) is 0 Å². The number of anilines is 1. The van der Waals surface area contributed by atoms with E-state index in [4.69, 9.17) is 0 Å². The third-order valence-corrected chi connectivity index (χ3v) is 2.36. The van der Waals surface area contributed by atoms with Crippen molar-refractivity contribution in [3.05, 3.63) is 42.1 Å². The zero-order chi connectivity index (χ0) is 12.3. The van der Waals surface area contributed by atoms with Gasteiger partial charge in [0.15, 0.2) is 0 Å². The van der Waals surface area contributed by atoms with E-state index in [1.165, 1.54) is 0 Å². The molecule has 0 aliphatic rings. The van der Waals surface area contributed by atoms with Gasteiger partial charge in [-0.2, -0.15) is 5.10 Å². The number of nitrogens with zero attached hydrogens (tertiary/aromatic N) is 2. The molecular formula is C12H13N3O2. The second kappa shape index (κ2) is 4.69. The Balaban J connectivity index is 2.01. The average Bonchev–Trinajstić information content (AvgIpc) is 2.64. The molecule has 2 N–H and O–H groups in total. The summed E-state index contributed by atoms with van der Waals surface area (Å²) in [6.07, 6.45) is 1.84. The summed E-state index contributed by atoms with van der Waals surface area (Å²) in [5.74, 6) is 0.671. The lowest BCUT2D eigenvalue weighted by Crippen LogP contribution is -2.16. The number of hydrogen-bond acceptors (Lipinski definition) is 3. The van der Waals surface area contributed by atoms with Gasteiger partial charge in [0, 0.05) is 13.1 Å². The van der Waals surface area contributed by atoms with E-state index in [1.54, 1.807) is 48.3 Å². The number of phenols is 1. The van der Waals surface area contributed by atoms with E-state index < -0.39 is 0 Å². The first-order valence-corrected chi connectivity index (χ1v) is 5.21. The van der Waals surface area contributed by atoms with Crippen LogP contribution >= 0.6 is 0 Å². The molecule has 1 heterocycles. The Bertz CT molecular complexity index is 534. The normalized spacial score (nSPS) is 10.2. The Morgan fingerprint density at radius 2 is 2.29 bits per heavy atom. The van der Waals surface area contributed by atoms with Crippen LogP contribution in [0.5, 0.6) is 5.75 Å². The molecule has 0 spiro atoms. The summed E-state index contributed by atoms with van der Waals surface area (Å²) in [5, 5.41) is 16.0. The molecule has 0 bridgehead atoms. The highest BCUT2D eigenvalue weighted by molar-refractivity contribution is 5.91. The first-order valence-electron chi connectivity index (χ1n) is 5.21. The smallest absolute Gasteiger partial charge is 0.229 e. The van der Waals surface area contributed by atoms with E-state index in [1.807, 2.05) is 0 Å². The number of hydrogen-bond donors (Lipinski definition) is 2. The van der Waals surface area contributed by atoms with Crippen molar-refractivity contribution in [2.75, 3.05) is 5.32 Å². The van der Waals surface area contributed by atoms with Crippen molar-refractivity contribution in [2.45, 2.75) is 6.42 Å². The van der Waals surface area contributed by atoms with Crippen LogP contribution in [0.3, 0.4) is 0 Å². The number of benzene rings is 1. The van der Waals surface area contributed by atoms with E-state index >= 15 is 0 Å². The van der Waals surface area contributed by atoms with Gasteiger partial charge in [-0.05, 0) is 17.7 Å². The number of aryl methyl sites for hydroxylation is 1. The average molecular weight is 231 g/mol. The molecule has 1 aromatic heterocycles. The van der Waals surface area contributed by atoms with Crippen molar-refractivity contribution < 1.29 is 9.90 Å². The van der Waals surface area contributed by atoms with Crippen LogP contribution in [-0.2, 0) is 18.3 Å². The molecule has 0 atom stereocenters. The van der Waals surface area contributed by atoms with E-state index in [2.05, 4.69) is 10.4 Å². The van der Waals surface area contributed by atoms with Gasteiger partial charge < -0.3 is 10.4 Å². The third kappa shape index (κ3) is 2.84. The third-order valence-electron chi connectivity index (χ3n) is 2.36. The van der Waals surface area contributed by atoms with Crippen LogP contribution in [0.4, 0.5) is 5.82 Å². The molecule has 1 aromatic carbocycles. The summed E-state index contributed by atoms with van der Waals surface area (Å²) in [7, 11) is 1.75. The Hall–Kier alpha value is -2.30. The lowest BCUT2D eigenvalue weighted by atomic mass is 10.1. The Kier molecular flexibility index (Phi) is 3.09. The first kappa shape index (κ1) is 11.2. The second-order valence-corrected chi connectivity index (χ2v) is 3.73. The summed E-state index contributed by atoms with van der Waals surface area (Å²) < 4.78 is 1.58. The SMILES string of the molecule is Cn1nccc1NC(=O)Cc1cccc(O)c1. The molecule has 2 rings (SSSR count). The molecular weight excluding hydrogens is 218 g/mol. The number of carbonyl (C=O) groups excluding carboxylic acids is 1. The van der Waals surface area contributed by atoms with Crippen LogP contribution in [0.1, 0.15) is 5.56 Å². The van der Waals surface area contributed by atoms with Gasteiger partial charge in [0.2, 0.25) is 5.91 Å². The van der Waals surface area contributed by atoms with E-state index in [0.29, 0.717) is 5.82 Å². The largest absolute Gasteiger partial charge is 0.508 e. The number of phenolic OH excluding ortho intramolecular Hbond substituents is 1. The Labute approximate surface area is 98.7 Å². The fourth-order valence-corrected chi connectivity index (χ4v) is 1.54. The topological polar surface area (TPSA) is 67.2 Å². The predicted molar refractivity (Wildman–Crippen MR) is 63.6 cm³/mol. The minimum Gasteiger partial charge on any atom is -0.508 e. The summed E-state index contributed by atoms with van der Waals surface area (Å²) in [5.41, 5.74) is 0.768. The molecule has 0 radical (unpaired) electrons. The molecule has 0 saturated heterocycles. The van der Waals surface area contributed by atoms with E-state index in [0.717, 1.165) is 5.56 Å². The maximum atomic E-state index is 11.7. The van der Waals surface area contributed by atoms with Gasteiger partial charge in [-0.3, -0.25) is 9.48 Å². The van der Waals surface area contributed by atoms with Crippen molar-refractivity contribution in [1.29, 1.82) is 0 Å². The quantitative estimate of drug-likeness (QED) is 0.836. The zero-order valence-electron chi connectivity index (χ0n) is 9.42. The number of aromatic hydroxyl groups is 1. The monoisotopic (exact) mass is 231 g/mol. The fraction of sp³-hybridized carbons (Fsp3) is 0.167. The van der Waals surface area contributed by atoms with Gasteiger partial charge in [0.05, 0.1) is 12.6 Å². The summed E-state index contributed by atoms with van der Waals surface area (Å²) >= 11 is 0. The summed E-state index contributed by atoms with van der Waals surface area (Å²) in [4.78, 5) is 11.7. The molecule has 0 unspecified atom stereocenters. The summed E-state index contributed by atoms with van der Waals surface area (Å²) in [6.45, 7) is 0. The first-order chi connectivity index (χ1) is 8.15. The lowest BCUT2D eigenvalue weighted by molar-refractivity contribution is -0.115. The minimum atomic E-state index is -0.140. The number of amides is 1. The van der Waals surface area contributed by atoms with E-state index in [9.17, 15) is 9.90 Å². The molecule has 88 valence electrons. The maximum Gasteiger partial charge on any atom is 0.229 e.